The predicted octanol–water partition coefficient (Wildman–Crippen LogP) is 3.02. The van der Waals surface area contributed by atoms with Crippen LogP contribution in [0.15, 0.2) is 35.3 Å². The Labute approximate surface area is 192 Å². The predicted molar refractivity (Wildman–Crippen MR) is 129 cm³/mol. The van der Waals surface area contributed by atoms with Gasteiger partial charge in [-0.25, -0.2) is 19.6 Å². The zero-order chi connectivity index (χ0) is 24.2. The largest absolute Gasteiger partial charge is 0.462 e. The number of nitrogens with one attached hydrogen (secondary N) is 3. The van der Waals surface area contributed by atoms with Crippen molar-refractivity contribution in [1.29, 1.82) is 0 Å². The molecule has 178 valence electrons. The molecule has 0 bridgehead atoms. The van der Waals surface area contributed by atoms with Crippen molar-refractivity contribution < 1.29 is 24.2 Å². The van der Waals surface area contributed by atoms with Gasteiger partial charge in [-0.1, -0.05) is 0 Å². The molecule has 0 aliphatic carbocycles. The highest BCUT2D eigenvalue weighted by atomic mass is 16.5. The molecular weight excluding hydrogens is 428 g/mol. The Morgan fingerprint density at radius 2 is 1.82 bits per heavy atom. The Bertz CT molecular complexity index is 978. The van der Waals surface area contributed by atoms with E-state index in [-0.39, 0.29) is 30.8 Å². The molecule has 2 heterocycles. The van der Waals surface area contributed by atoms with E-state index in [0.717, 1.165) is 11.4 Å². The van der Waals surface area contributed by atoms with E-state index in [2.05, 4.69) is 25.9 Å². The van der Waals surface area contributed by atoms with E-state index in [1.54, 1.807) is 51.1 Å². The summed E-state index contributed by atoms with van der Waals surface area (Å²) in [5.74, 6) is 0.139. The van der Waals surface area contributed by atoms with Gasteiger partial charge >= 0.3 is 12.1 Å². The van der Waals surface area contributed by atoms with Crippen LogP contribution in [-0.4, -0.2) is 60.8 Å². The lowest BCUT2D eigenvalue weighted by molar-refractivity contribution is 0.0526. The molecular formula is C22H30N6O5. The first-order valence-corrected chi connectivity index (χ1v) is 10.6. The normalized spacial score (nSPS) is 11.6. The second kappa shape index (κ2) is 12.9. The molecule has 0 saturated carbocycles. The lowest BCUT2D eigenvalue weighted by Crippen LogP contribution is -2.25. The molecule has 0 fully saturated rings. The molecule has 11 heteroatoms. The third kappa shape index (κ3) is 7.65. The van der Waals surface area contributed by atoms with Crippen LogP contribution in [-0.2, 0) is 9.47 Å². The number of nitrogens with zero attached hydrogens (tertiary/aromatic N) is 2. The van der Waals surface area contributed by atoms with E-state index in [1.807, 2.05) is 0 Å². The highest BCUT2D eigenvalue weighted by Crippen LogP contribution is 2.35. The second-order valence-corrected chi connectivity index (χ2v) is 6.63. The van der Waals surface area contributed by atoms with Gasteiger partial charge in [0.05, 0.1) is 43.3 Å². The number of rotatable bonds is 7. The zero-order valence-corrected chi connectivity index (χ0v) is 19.0. The van der Waals surface area contributed by atoms with E-state index in [9.17, 15) is 9.59 Å². The van der Waals surface area contributed by atoms with Gasteiger partial charge in [0.1, 0.15) is 11.5 Å². The number of aliphatic imine (C=N–C) groups is 1. The van der Waals surface area contributed by atoms with Crippen molar-refractivity contribution in [2.45, 2.75) is 20.8 Å². The molecule has 0 radical (unpaired) electrons. The number of aliphatic hydroxyl groups excluding tert-OH is 1. The summed E-state index contributed by atoms with van der Waals surface area (Å²) in [6.07, 6.45) is -0.595. The number of aromatic nitrogens is 1. The Morgan fingerprint density at radius 3 is 2.45 bits per heavy atom. The number of carbonyl (C=O) groups excluding carboxylic acids is 2. The number of hydrogen-bond donors (Lipinski definition) is 5. The molecule has 1 aliphatic heterocycles. The molecule has 33 heavy (non-hydrogen) atoms. The SMILES string of the molecule is CCO.CCOC(=O)Nc1cc2c(c(N)n1)N=C(CNc1ccc(C(=O)OCC)cc1)CN2. The van der Waals surface area contributed by atoms with E-state index in [0.29, 0.717) is 36.6 Å². The summed E-state index contributed by atoms with van der Waals surface area (Å²) in [6, 6.07) is 8.68. The highest BCUT2D eigenvalue weighted by molar-refractivity contribution is 6.00. The quantitative estimate of drug-likeness (QED) is 0.393. The Morgan fingerprint density at radius 1 is 1.15 bits per heavy atom. The van der Waals surface area contributed by atoms with Gasteiger partial charge in [-0.05, 0) is 45.0 Å². The number of amides is 1. The van der Waals surface area contributed by atoms with Gasteiger partial charge < -0.3 is 30.9 Å². The standard InChI is InChI=1S/C20H24N6O4.C2H6O/c1-3-29-19(27)12-5-7-13(8-6-12)22-10-14-11-23-15-9-16(26-20(28)30-4-2)25-18(21)17(15)24-14;1-2-3/h5-9,22-23H,3-4,10-11H2,1-2H3,(H3,21,25,26,28);3H,2H2,1H3. The lowest BCUT2D eigenvalue weighted by Gasteiger charge is -2.20. The zero-order valence-electron chi connectivity index (χ0n) is 19.0. The fourth-order valence-corrected chi connectivity index (χ4v) is 2.79. The van der Waals surface area contributed by atoms with Crippen molar-refractivity contribution in [3.63, 3.8) is 0 Å². The van der Waals surface area contributed by atoms with Gasteiger partial charge in [0.2, 0.25) is 0 Å². The van der Waals surface area contributed by atoms with Crippen LogP contribution in [0.2, 0.25) is 0 Å². The molecule has 0 atom stereocenters. The minimum atomic E-state index is -0.595. The van der Waals surface area contributed by atoms with Gasteiger partial charge in [-0.3, -0.25) is 5.32 Å². The smallest absolute Gasteiger partial charge is 0.412 e. The van der Waals surface area contributed by atoms with Crippen molar-refractivity contribution in [2.75, 3.05) is 54.6 Å². The molecule has 1 aromatic heterocycles. The van der Waals surface area contributed by atoms with E-state index in [1.165, 1.54) is 0 Å². The van der Waals surface area contributed by atoms with E-state index in [4.69, 9.17) is 20.3 Å². The fourth-order valence-electron chi connectivity index (χ4n) is 2.79. The summed E-state index contributed by atoms with van der Waals surface area (Å²) in [6.45, 7) is 7.00. The van der Waals surface area contributed by atoms with Crippen molar-refractivity contribution in [3.05, 3.63) is 35.9 Å². The topological polar surface area (TPSA) is 160 Å². The maximum absolute atomic E-state index is 11.7. The Balaban J connectivity index is 0.00000122. The lowest BCUT2D eigenvalue weighted by atomic mass is 10.2. The number of benzene rings is 1. The van der Waals surface area contributed by atoms with Crippen LogP contribution in [0.5, 0.6) is 0 Å². The highest BCUT2D eigenvalue weighted by Gasteiger charge is 2.17. The fraction of sp³-hybridized carbons (Fsp3) is 0.364. The van der Waals surface area contributed by atoms with Crippen LogP contribution in [0.1, 0.15) is 31.1 Å². The third-order valence-corrected chi connectivity index (χ3v) is 4.17. The number of esters is 1. The number of carbonyl (C=O) groups is 2. The maximum atomic E-state index is 11.7. The summed E-state index contributed by atoms with van der Waals surface area (Å²) in [7, 11) is 0. The molecule has 0 spiro atoms. The van der Waals surface area contributed by atoms with Crippen LogP contribution in [0.4, 0.5) is 33.5 Å². The van der Waals surface area contributed by atoms with Crippen LogP contribution in [0.3, 0.4) is 0 Å². The third-order valence-electron chi connectivity index (χ3n) is 4.17. The summed E-state index contributed by atoms with van der Waals surface area (Å²) in [4.78, 5) is 32.0. The number of nitrogens with two attached hydrogens (primary N) is 1. The molecule has 11 nitrogen and oxygen atoms in total. The van der Waals surface area contributed by atoms with Gasteiger partial charge in [0, 0.05) is 18.4 Å². The number of anilines is 4. The van der Waals surface area contributed by atoms with Gasteiger partial charge in [-0.15, -0.1) is 0 Å². The monoisotopic (exact) mass is 458 g/mol. The van der Waals surface area contributed by atoms with Crippen molar-refractivity contribution in [3.8, 4) is 0 Å². The first kappa shape index (κ1) is 25.4. The first-order valence-electron chi connectivity index (χ1n) is 10.6. The second-order valence-electron chi connectivity index (χ2n) is 6.63. The van der Waals surface area contributed by atoms with Crippen molar-refractivity contribution >= 4 is 46.5 Å². The molecule has 6 N–H and O–H groups in total. The van der Waals surface area contributed by atoms with Gasteiger partial charge in [0.25, 0.3) is 0 Å². The van der Waals surface area contributed by atoms with Crippen molar-refractivity contribution in [1.82, 2.24) is 4.98 Å². The number of fused-ring (bicyclic) bond motifs is 1. The van der Waals surface area contributed by atoms with Crippen LogP contribution in [0, 0.1) is 0 Å². The van der Waals surface area contributed by atoms with Gasteiger partial charge in [0.15, 0.2) is 5.82 Å². The van der Waals surface area contributed by atoms with Crippen LogP contribution >= 0.6 is 0 Å². The summed E-state index contributed by atoms with van der Waals surface area (Å²) >= 11 is 0. The Hall–Kier alpha value is -3.86. The average molecular weight is 459 g/mol. The van der Waals surface area contributed by atoms with E-state index >= 15 is 0 Å². The minimum absolute atomic E-state index is 0.197. The summed E-state index contributed by atoms with van der Waals surface area (Å²) < 4.78 is 9.82. The van der Waals surface area contributed by atoms with Crippen molar-refractivity contribution in [2.24, 2.45) is 4.99 Å². The van der Waals surface area contributed by atoms with Gasteiger partial charge in [-0.2, -0.15) is 0 Å². The van der Waals surface area contributed by atoms with E-state index < -0.39 is 6.09 Å². The summed E-state index contributed by atoms with van der Waals surface area (Å²) in [5, 5.41) is 16.6. The summed E-state index contributed by atoms with van der Waals surface area (Å²) in [5.41, 5.74) is 9.39. The Kier molecular flexibility index (Phi) is 9.90. The molecule has 1 aliphatic rings. The number of aliphatic hydroxyl groups is 1. The molecule has 1 aromatic carbocycles. The van der Waals surface area contributed by atoms with Crippen LogP contribution < -0.4 is 21.7 Å². The number of hydrogen-bond acceptors (Lipinski definition) is 10. The molecule has 3 rings (SSSR count). The number of pyridine rings is 1. The maximum Gasteiger partial charge on any atom is 0.412 e. The molecule has 2 aromatic rings. The number of ether oxygens (including phenoxy) is 2. The number of nitrogen functional groups attached to an aromatic ring is 1. The average Bonchev–Trinajstić information content (AvgIpc) is 2.79. The molecule has 0 saturated heterocycles. The first-order chi connectivity index (χ1) is 15.9. The molecule has 1 amide bonds. The minimum Gasteiger partial charge on any atom is -0.462 e. The van der Waals surface area contributed by atoms with Crippen LogP contribution in [0.25, 0.3) is 0 Å². The molecule has 0 unspecified atom stereocenters.